The van der Waals surface area contributed by atoms with E-state index in [-0.39, 0.29) is 5.69 Å². The topological polar surface area (TPSA) is 82.3 Å². The molecule has 2 aromatic rings. The van der Waals surface area contributed by atoms with Gasteiger partial charge in [0.05, 0.1) is 0 Å². The average Bonchev–Trinajstić information content (AvgIpc) is 2.89. The smallest absolute Gasteiger partial charge is 0.358 e. The summed E-state index contributed by atoms with van der Waals surface area (Å²) in [5, 5.41) is 2.86. The van der Waals surface area contributed by atoms with Crippen molar-refractivity contribution in [2.75, 3.05) is 0 Å². The summed E-state index contributed by atoms with van der Waals surface area (Å²) in [6.45, 7) is 1.41. The van der Waals surface area contributed by atoms with Crippen molar-refractivity contribution < 1.29 is 14.3 Å². The fourth-order valence-corrected chi connectivity index (χ4v) is 2.29. The normalized spacial score (nSPS) is 11.9. The predicted octanol–water partition coefficient (Wildman–Crippen LogP) is 2.49. The molecule has 0 saturated carbocycles. The SMILES string of the molecule is C[C@@H](OC(=O)c1csc(-c2ccc(Cl)cc2)n1)C(N)=O. The molecule has 2 N–H and O–H groups in total. The fraction of sp³-hybridized carbons (Fsp3) is 0.154. The second-order valence-electron chi connectivity index (χ2n) is 3.99. The molecule has 0 unspecified atom stereocenters. The van der Waals surface area contributed by atoms with Gasteiger partial charge < -0.3 is 10.5 Å². The third-order valence-electron chi connectivity index (χ3n) is 2.49. The maximum absolute atomic E-state index is 11.8. The van der Waals surface area contributed by atoms with Crippen LogP contribution in [0.1, 0.15) is 17.4 Å². The van der Waals surface area contributed by atoms with Gasteiger partial charge in [-0.3, -0.25) is 4.79 Å². The van der Waals surface area contributed by atoms with E-state index in [1.807, 2.05) is 12.1 Å². The Morgan fingerprint density at radius 1 is 1.35 bits per heavy atom. The zero-order chi connectivity index (χ0) is 14.7. The molecule has 0 saturated heterocycles. The Labute approximate surface area is 124 Å². The molecule has 1 atom stereocenters. The van der Waals surface area contributed by atoms with Crippen LogP contribution in [0.25, 0.3) is 10.6 Å². The molecule has 1 amide bonds. The van der Waals surface area contributed by atoms with E-state index in [1.54, 1.807) is 17.5 Å². The van der Waals surface area contributed by atoms with Crippen LogP contribution < -0.4 is 5.73 Å². The van der Waals surface area contributed by atoms with E-state index in [1.165, 1.54) is 18.3 Å². The quantitative estimate of drug-likeness (QED) is 0.880. The minimum atomic E-state index is -0.983. The summed E-state index contributed by atoms with van der Waals surface area (Å²) in [5.41, 5.74) is 6.02. The number of amides is 1. The highest BCUT2D eigenvalue weighted by Gasteiger charge is 2.18. The summed E-state index contributed by atoms with van der Waals surface area (Å²) >= 11 is 7.11. The van der Waals surface area contributed by atoms with Crippen LogP contribution in [-0.2, 0) is 9.53 Å². The lowest BCUT2D eigenvalue weighted by atomic mass is 10.2. The first-order chi connectivity index (χ1) is 9.47. The van der Waals surface area contributed by atoms with Crippen molar-refractivity contribution in [3.8, 4) is 10.6 Å². The summed E-state index contributed by atoms with van der Waals surface area (Å²) in [6, 6.07) is 7.10. The van der Waals surface area contributed by atoms with Crippen LogP contribution >= 0.6 is 22.9 Å². The maximum Gasteiger partial charge on any atom is 0.358 e. The van der Waals surface area contributed by atoms with Gasteiger partial charge in [-0.2, -0.15) is 0 Å². The minimum Gasteiger partial charge on any atom is -0.448 e. The highest BCUT2D eigenvalue weighted by atomic mass is 35.5. The summed E-state index contributed by atoms with van der Waals surface area (Å²) in [6.07, 6.45) is -0.983. The number of rotatable bonds is 4. The van der Waals surface area contributed by atoms with E-state index in [9.17, 15) is 9.59 Å². The third kappa shape index (κ3) is 3.34. The zero-order valence-corrected chi connectivity index (χ0v) is 12.1. The molecule has 5 nitrogen and oxygen atoms in total. The van der Waals surface area contributed by atoms with E-state index in [0.717, 1.165) is 5.56 Å². The summed E-state index contributed by atoms with van der Waals surface area (Å²) in [5.74, 6) is -1.38. The monoisotopic (exact) mass is 310 g/mol. The van der Waals surface area contributed by atoms with Gasteiger partial charge >= 0.3 is 5.97 Å². The lowest BCUT2D eigenvalue weighted by Gasteiger charge is -2.07. The molecule has 1 heterocycles. The van der Waals surface area contributed by atoms with Crippen LogP contribution in [0.3, 0.4) is 0 Å². The van der Waals surface area contributed by atoms with Gasteiger partial charge in [-0.25, -0.2) is 9.78 Å². The van der Waals surface area contributed by atoms with Crippen LogP contribution in [0.2, 0.25) is 5.02 Å². The molecular weight excluding hydrogens is 300 g/mol. The van der Waals surface area contributed by atoms with Crippen molar-refractivity contribution in [2.24, 2.45) is 5.73 Å². The van der Waals surface area contributed by atoms with Gasteiger partial charge in [0.2, 0.25) is 0 Å². The molecule has 0 aliphatic carbocycles. The lowest BCUT2D eigenvalue weighted by Crippen LogP contribution is -2.30. The number of primary amides is 1. The summed E-state index contributed by atoms with van der Waals surface area (Å²) in [4.78, 5) is 26.8. The van der Waals surface area contributed by atoms with E-state index in [2.05, 4.69) is 4.98 Å². The van der Waals surface area contributed by atoms with Gasteiger partial charge in [0, 0.05) is 16.0 Å². The van der Waals surface area contributed by atoms with Gasteiger partial charge in [0.15, 0.2) is 11.8 Å². The van der Waals surface area contributed by atoms with Gasteiger partial charge in [0.1, 0.15) is 5.01 Å². The summed E-state index contributed by atoms with van der Waals surface area (Å²) < 4.78 is 4.88. The van der Waals surface area contributed by atoms with Crippen molar-refractivity contribution in [3.63, 3.8) is 0 Å². The standard InChI is InChI=1S/C13H11ClN2O3S/c1-7(11(15)17)19-13(18)10-6-20-12(16-10)8-2-4-9(14)5-3-8/h2-7H,1H3,(H2,15,17)/t7-/m1/s1. The summed E-state index contributed by atoms with van der Waals surface area (Å²) in [7, 11) is 0. The zero-order valence-electron chi connectivity index (χ0n) is 10.5. The molecule has 0 bridgehead atoms. The van der Waals surface area contributed by atoms with Crippen LogP contribution in [-0.4, -0.2) is 23.0 Å². The number of thiazole rings is 1. The molecule has 2 rings (SSSR count). The number of aromatic nitrogens is 1. The Bertz CT molecular complexity index is 639. The number of esters is 1. The molecule has 0 spiro atoms. The number of hydrogen-bond donors (Lipinski definition) is 1. The van der Waals surface area contributed by atoms with Gasteiger partial charge in [-0.15, -0.1) is 11.3 Å². The second-order valence-corrected chi connectivity index (χ2v) is 5.29. The number of ether oxygens (including phenoxy) is 1. The highest BCUT2D eigenvalue weighted by molar-refractivity contribution is 7.13. The Morgan fingerprint density at radius 3 is 2.60 bits per heavy atom. The first kappa shape index (κ1) is 14.5. The molecule has 0 aliphatic heterocycles. The number of benzene rings is 1. The van der Waals surface area contributed by atoms with Gasteiger partial charge in [-0.1, -0.05) is 23.7 Å². The van der Waals surface area contributed by atoms with Crippen LogP contribution in [0, 0.1) is 0 Å². The van der Waals surface area contributed by atoms with Crippen molar-refractivity contribution >= 4 is 34.8 Å². The number of carbonyl (C=O) groups is 2. The average molecular weight is 311 g/mol. The molecule has 0 aliphatic rings. The predicted molar refractivity (Wildman–Crippen MR) is 76.6 cm³/mol. The molecule has 0 fully saturated rings. The van der Waals surface area contributed by atoms with Crippen LogP contribution in [0.5, 0.6) is 0 Å². The molecule has 7 heteroatoms. The Morgan fingerprint density at radius 2 is 2.00 bits per heavy atom. The fourth-order valence-electron chi connectivity index (χ4n) is 1.37. The van der Waals surface area contributed by atoms with Gasteiger partial charge in [-0.05, 0) is 19.1 Å². The Kier molecular flexibility index (Phi) is 4.36. The molecule has 104 valence electrons. The number of halogens is 1. The first-order valence-corrected chi connectivity index (χ1v) is 6.95. The largest absolute Gasteiger partial charge is 0.448 e. The van der Waals surface area contributed by atoms with E-state index in [4.69, 9.17) is 22.1 Å². The van der Waals surface area contributed by atoms with E-state index in [0.29, 0.717) is 10.0 Å². The number of carbonyl (C=O) groups excluding carboxylic acids is 2. The number of nitrogens with two attached hydrogens (primary N) is 1. The Balaban J connectivity index is 2.14. The number of nitrogens with zero attached hydrogens (tertiary/aromatic N) is 1. The Hall–Kier alpha value is -1.92. The molecule has 0 radical (unpaired) electrons. The maximum atomic E-state index is 11.8. The van der Waals surface area contributed by atoms with E-state index < -0.39 is 18.0 Å². The number of hydrogen-bond acceptors (Lipinski definition) is 5. The molecular formula is C13H11ClN2O3S. The molecule has 20 heavy (non-hydrogen) atoms. The van der Waals surface area contributed by atoms with Crippen molar-refractivity contribution in [2.45, 2.75) is 13.0 Å². The first-order valence-electron chi connectivity index (χ1n) is 5.69. The van der Waals surface area contributed by atoms with Crippen LogP contribution in [0.4, 0.5) is 0 Å². The molecule has 1 aromatic heterocycles. The van der Waals surface area contributed by atoms with Crippen molar-refractivity contribution in [1.82, 2.24) is 4.98 Å². The highest BCUT2D eigenvalue weighted by Crippen LogP contribution is 2.25. The lowest BCUT2D eigenvalue weighted by molar-refractivity contribution is -0.125. The second kappa shape index (κ2) is 6.02. The third-order valence-corrected chi connectivity index (χ3v) is 3.63. The van der Waals surface area contributed by atoms with Crippen molar-refractivity contribution in [1.29, 1.82) is 0 Å². The van der Waals surface area contributed by atoms with Crippen LogP contribution in [0.15, 0.2) is 29.6 Å². The molecule has 1 aromatic carbocycles. The van der Waals surface area contributed by atoms with E-state index >= 15 is 0 Å². The van der Waals surface area contributed by atoms with Gasteiger partial charge in [0.25, 0.3) is 5.91 Å². The minimum absolute atomic E-state index is 0.146. The van der Waals surface area contributed by atoms with Crippen molar-refractivity contribution in [3.05, 3.63) is 40.4 Å².